The molecule has 132 valence electrons. The van der Waals surface area contributed by atoms with Gasteiger partial charge < -0.3 is 10.2 Å². The van der Waals surface area contributed by atoms with Gasteiger partial charge in [0.25, 0.3) is 0 Å². The van der Waals surface area contributed by atoms with Crippen LogP contribution in [0.3, 0.4) is 0 Å². The highest BCUT2D eigenvalue weighted by Gasteiger charge is 2.54. The summed E-state index contributed by atoms with van der Waals surface area (Å²) in [5, 5.41) is 3.21. The minimum Gasteiger partial charge on any atom is -0.326 e. The summed E-state index contributed by atoms with van der Waals surface area (Å²) in [5.74, 6) is 2.69. The highest BCUT2D eigenvalue weighted by molar-refractivity contribution is 6.02. The maximum atomic E-state index is 13.2. The number of likely N-dealkylation sites (N-methyl/N-ethyl adjacent to an activating group) is 1. The number of hydrogen-bond donors (Lipinski definition) is 1. The van der Waals surface area contributed by atoms with Gasteiger partial charge in [-0.1, -0.05) is 0 Å². The first-order valence-electron chi connectivity index (χ1n) is 9.81. The Kier molecular flexibility index (Phi) is 3.28. The van der Waals surface area contributed by atoms with Crippen LogP contribution in [0.15, 0.2) is 18.2 Å². The van der Waals surface area contributed by atoms with E-state index in [0.717, 1.165) is 54.0 Å². The summed E-state index contributed by atoms with van der Waals surface area (Å²) in [6.45, 7) is 2.69. The Bertz CT molecular complexity index is 719. The Balaban J connectivity index is 1.37. The number of fused-ring (bicyclic) bond motifs is 1. The normalized spacial score (nSPS) is 35.2. The number of hydrogen-bond acceptors (Lipinski definition) is 2. The van der Waals surface area contributed by atoms with Crippen LogP contribution in [-0.2, 0) is 16.0 Å². The predicted octanol–water partition coefficient (Wildman–Crippen LogP) is 3.75. The molecule has 4 fully saturated rings. The van der Waals surface area contributed by atoms with Crippen molar-refractivity contribution in [3.8, 4) is 0 Å². The highest BCUT2D eigenvalue weighted by atomic mass is 16.2. The lowest BCUT2D eigenvalue weighted by Gasteiger charge is -2.55. The molecule has 1 N–H and O–H groups in total. The maximum Gasteiger partial charge on any atom is 0.231 e. The zero-order valence-electron chi connectivity index (χ0n) is 14.9. The Labute approximate surface area is 149 Å². The standard InChI is InChI=1S/C21H26N2O2/c1-2-23-18-4-3-17(8-16(18)9-19(23)24)22-20(25)21-10-13-5-14(11-21)7-15(6-13)12-21/h3-4,8,13-15H,2,5-7,9-12H2,1H3,(H,22,25). The lowest BCUT2D eigenvalue weighted by atomic mass is 9.49. The molecule has 0 unspecified atom stereocenters. The summed E-state index contributed by atoms with van der Waals surface area (Å²) in [6.07, 6.45) is 7.74. The molecular formula is C21H26N2O2. The average Bonchev–Trinajstić information content (AvgIpc) is 2.87. The average molecular weight is 338 g/mol. The van der Waals surface area contributed by atoms with Gasteiger partial charge in [0.1, 0.15) is 0 Å². The molecule has 4 bridgehead atoms. The summed E-state index contributed by atoms with van der Waals surface area (Å²) in [5.41, 5.74) is 2.76. The zero-order chi connectivity index (χ0) is 17.2. The van der Waals surface area contributed by atoms with Gasteiger partial charge in [0.05, 0.1) is 11.8 Å². The van der Waals surface area contributed by atoms with E-state index < -0.39 is 0 Å². The highest BCUT2D eigenvalue weighted by Crippen LogP contribution is 2.60. The molecule has 1 aliphatic heterocycles. The number of rotatable bonds is 3. The molecule has 1 aromatic rings. The zero-order valence-corrected chi connectivity index (χ0v) is 14.9. The first-order chi connectivity index (χ1) is 12.1. The van der Waals surface area contributed by atoms with Crippen molar-refractivity contribution in [2.24, 2.45) is 23.2 Å². The molecule has 1 aromatic carbocycles. The maximum absolute atomic E-state index is 13.2. The van der Waals surface area contributed by atoms with Gasteiger partial charge in [-0.05, 0) is 87.0 Å². The molecule has 2 amide bonds. The number of nitrogens with zero attached hydrogens (tertiary/aromatic N) is 1. The summed E-state index contributed by atoms with van der Waals surface area (Å²) in [4.78, 5) is 27.0. The molecule has 4 nitrogen and oxygen atoms in total. The molecule has 4 aliphatic carbocycles. The smallest absolute Gasteiger partial charge is 0.231 e. The van der Waals surface area contributed by atoms with Crippen molar-refractivity contribution in [1.29, 1.82) is 0 Å². The van der Waals surface area contributed by atoms with Gasteiger partial charge in [-0.15, -0.1) is 0 Å². The minimum absolute atomic E-state index is 0.126. The molecule has 0 saturated heterocycles. The van der Waals surface area contributed by atoms with Crippen LogP contribution in [0.4, 0.5) is 11.4 Å². The van der Waals surface area contributed by atoms with Crippen LogP contribution < -0.4 is 10.2 Å². The topological polar surface area (TPSA) is 49.4 Å². The second-order valence-electron chi connectivity index (χ2n) is 8.81. The van der Waals surface area contributed by atoms with E-state index in [9.17, 15) is 9.59 Å². The van der Waals surface area contributed by atoms with Gasteiger partial charge in [0.15, 0.2) is 0 Å². The fourth-order valence-electron chi connectivity index (χ4n) is 6.46. The summed E-state index contributed by atoms with van der Waals surface area (Å²) >= 11 is 0. The number of carbonyl (C=O) groups excluding carboxylic acids is 2. The monoisotopic (exact) mass is 338 g/mol. The molecule has 25 heavy (non-hydrogen) atoms. The van der Waals surface area contributed by atoms with E-state index in [0.29, 0.717) is 13.0 Å². The molecular weight excluding hydrogens is 312 g/mol. The van der Waals surface area contributed by atoms with E-state index in [1.807, 2.05) is 30.0 Å². The Morgan fingerprint density at radius 1 is 1.16 bits per heavy atom. The molecule has 4 heteroatoms. The number of carbonyl (C=O) groups is 2. The quantitative estimate of drug-likeness (QED) is 0.912. The molecule has 4 saturated carbocycles. The first-order valence-corrected chi connectivity index (χ1v) is 9.81. The third-order valence-electron chi connectivity index (χ3n) is 7.11. The van der Waals surface area contributed by atoms with Gasteiger partial charge in [0, 0.05) is 17.9 Å². The van der Waals surface area contributed by atoms with Crippen LogP contribution in [0.5, 0.6) is 0 Å². The van der Waals surface area contributed by atoms with Gasteiger partial charge >= 0.3 is 0 Å². The molecule has 1 heterocycles. The molecule has 0 atom stereocenters. The van der Waals surface area contributed by atoms with Crippen molar-refractivity contribution in [2.75, 3.05) is 16.8 Å². The van der Waals surface area contributed by atoms with Crippen LogP contribution in [0.1, 0.15) is 51.0 Å². The summed E-state index contributed by atoms with van der Waals surface area (Å²) in [7, 11) is 0. The van der Waals surface area contributed by atoms with Crippen LogP contribution in [-0.4, -0.2) is 18.4 Å². The SMILES string of the molecule is CCN1C(=O)Cc2cc(NC(=O)C34CC5CC(CC(C5)C3)C4)ccc21. The molecule has 0 aromatic heterocycles. The predicted molar refractivity (Wildman–Crippen MR) is 97.4 cm³/mol. The molecule has 0 spiro atoms. The fraction of sp³-hybridized carbons (Fsp3) is 0.619. The van der Waals surface area contributed by atoms with Gasteiger partial charge in [0.2, 0.25) is 11.8 Å². The largest absolute Gasteiger partial charge is 0.326 e. The van der Waals surface area contributed by atoms with Gasteiger partial charge in [-0.2, -0.15) is 0 Å². The molecule has 0 radical (unpaired) electrons. The van der Waals surface area contributed by atoms with Crippen molar-refractivity contribution in [1.82, 2.24) is 0 Å². The minimum atomic E-state index is -0.126. The van der Waals surface area contributed by atoms with E-state index >= 15 is 0 Å². The van der Waals surface area contributed by atoms with Crippen molar-refractivity contribution in [3.63, 3.8) is 0 Å². The lowest BCUT2D eigenvalue weighted by molar-refractivity contribution is -0.140. The Morgan fingerprint density at radius 2 is 1.80 bits per heavy atom. The first kappa shape index (κ1) is 15.4. The van der Waals surface area contributed by atoms with Crippen LogP contribution in [0.25, 0.3) is 0 Å². The van der Waals surface area contributed by atoms with Crippen molar-refractivity contribution >= 4 is 23.2 Å². The molecule has 6 rings (SSSR count). The lowest BCUT2D eigenvalue weighted by Crippen LogP contribution is -2.51. The van der Waals surface area contributed by atoms with Crippen molar-refractivity contribution in [3.05, 3.63) is 23.8 Å². The number of benzene rings is 1. The van der Waals surface area contributed by atoms with Crippen LogP contribution >= 0.6 is 0 Å². The third-order valence-corrected chi connectivity index (χ3v) is 7.11. The van der Waals surface area contributed by atoms with E-state index in [2.05, 4.69) is 5.32 Å². The van der Waals surface area contributed by atoms with E-state index in [1.165, 1.54) is 19.3 Å². The van der Waals surface area contributed by atoms with Gasteiger partial charge in [-0.3, -0.25) is 9.59 Å². The van der Waals surface area contributed by atoms with E-state index in [-0.39, 0.29) is 17.2 Å². The van der Waals surface area contributed by atoms with Gasteiger partial charge in [-0.25, -0.2) is 0 Å². The van der Waals surface area contributed by atoms with E-state index in [4.69, 9.17) is 0 Å². The van der Waals surface area contributed by atoms with Crippen LogP contribution in [0.2, 0.25) is 0 Å². The fourth-order valence-corrected chi connectivity index (χ4v) is 6.46. The van der Waals surface area contributed by atoms with Crippen molar-refractivity contribution in [2.45, 2.75) is 51.9 Å². The number of anilines is 2. The van der Waals surface area contributed by atoms with E-state index in [1.54, 1.807) is 0 Å². The Morgan fingerprint density at radius 3 is 2.40 bits per heavy atom. The third kappa shape index (κ3) is 2.33. The second-order valence-corrected chi connectivity index (χ2v) is 8.81. The number of nitrogens with one attached hydrogen (secondary N) is 1. The second kappa shape index (κ2) is 5.33. The van der Waals surface area contributed by atoms with Crippen LogP contribution in [0, 0.1) is 23.2 Å². The Hall–Kier alpha value is -1.84. The number of amides is 2. The molecule has 5 aliphatic rings. The van der Waals surface area contributed by atoms with Crippen molar-refractivity contribution < 1.29 is 9.59 Å². The summed E-state index contributed by atoms with van der Waals surface area (Å²) in [6, 6.07) is 5.94. The summed E-state index contributed by atoms with van der Waals surface area (Å²) < 4.78 is 0.